The van der Waals surface area contributed by atoms with Crippen molar-refractivity contribution in [2.45, 2.75) is 6.92 Å². The molecule has 0 amide bonds. The van der Waals surface area contributed by atoms with E-state index in [1.165, 1.54) is 0 Å². The molecule has 7 heteroatoms. The lowest BCUT2D eigenvalue weighted by Crippen LogP contribution is -2.21. The molecule has 1 aromatic carbocycles. The lowest BCUT2D eigenvalue weighted by atomic mass is 10.0. The molecule has 154 valence electrons. The van der Waals surface area contributed by atoms with E-state index in [0.717, 1.165) is 50.1 Å². The van der Waals surface area contributed by atoms with E-state index in [4.69, 9.17) is 0 Å². The monoisotopic (exact) mass is 410 g/mol. The number of hydrogen-bond donors (Lipinski definition) is 0. The summed E-state index contributed by atoms with van der Waals surface area (Å²) in [5.74, 6) is 0.901. The molecule has 31 heavy (non-hydrogen) atoms. The number of pyridine rings is 3. The van der Waals surface area contributed by atoms with E-state index in [2.05, 4.69) is 27.1 Å². The van der Waals surface area contributed by atoms with Gasteiger partial charge in [-0.15, -0.1) is 0 Å². The van der Waals surface area contributed by atoms with Gasteiger partial charge in [0.15, 0.2) is 0 Å². The largest absolute Gasteiger partial charge is 0.363 e. The molecular formula is C24H22N6O. The second-order valence-corrected chi connectivity index (χ2v) is 7.86. The van der Waals surface area contributed by atoms with Gasteiger partial charge in [0.25, 0.3) is 0 Å². The molecule has 0 aliphatic carbocycles. The maximum Gasteiger partial charge on any atom is 0.333 e. The summed E-state index contributed by atoms with van der Waals surface area (Å²) in [4.78, 5) is 28.6. The minimum absolute atomic E-state index is 0.122. The molecule has 0 aliphatic heterocycles. The van der Waals surface area contributed by atoms with Crippen LogP contribution in [0.1, 0.15) is 5.56 Å². The fourth-order valence-electron chi connectivity index (χ4n) is 3.91. The first kappa shape index (κ1) is 19.0. The third-order valence-corrected chi connectivity index (χ3v) is 5.68. The molecule has 0 aliphatic rings. The van der Waals surface area contributed by atoms with Crippen LogP contribution in [0.2, 0.25) is 0 Å². The molecule has 0 atom stereocenters. The van der Waals surface area contributed by atoms with Crippen molar-refractivity contribution < 1.29 is 0 Å². The van der Waals surface area contributed by atoms with Crippen LogP contribution in [0.4, 0.5) is 5.82 Å². The molecule has 0 fully saturated rings. The van der Waals surface area contributed by atoms with E-state index in [9.17, 15) is 4.79 Å². The van der Waals surface area contributed by atoms with E-state index in [-0.39, 0.29) is 5.69 Å². The van der Waals surface area contributed by atoms with E-state index in [0.29, 0.717) is 0 Å². The van der Waals surface area contributed by atoms with Crippen LogP contribution in [0.5, 0.6) is 0 Å². The van der Waals surface area contributed by atoms with Gasteiger partial charge in [0.05, 0.1) is 34.6 Å². The van der Waals surface area contributed by atoms with Gasteiger partial charge in [0, 0.05) is 44.5 Å². The number of aryl methyl sites for hydroxylation is 2. The second-order valence-electron chi connectivity index (χ2n) is 7.86. The number of fused-ring (bicyclic) bond motifs is 3. The lowest BCUT2D eigenvalue weighted by molar-refractivity contribution is 0.841. The number of anilines is 1. The van der Waals surface area contributed by atoms with Crippen LogP contribution < -0.4 is 10.6 Å². The SMILES string of the molecule is Cc1ccncc1-n1c(=O)n(C)c2cnc3ccc(-c4ccc(N(C)C)nc4)cc3c21. The molecule has 0 saturated carbocycles. The van der Waals surface area contributed by atoms with Crippen molar-refractivity contribution in [2.24, 2.45) is 7.05 Å². The highest BCUT2D eigenvalue weighted by Gasteiger charge is 2.18. The first-order chi connectivity index (χ1) is 15.0. The Morgan fingerprint density at radius 1 is 0.935 bits per heavy atom. The topological polar surface area (TPSA) is 68.8 Å². The molecule has 0 bridgehead atoms. The van der Waals surface area contributed by atoms with Crippen molar-refractivity contribution in [2.75, 3.05) is 19.0 Å². The zero-order valence-electron chi connectivity index (χ0n) is 17.9. The molecule has 4 aromatic heterocycles. The molecule has 5 rings (SSSR count). The summed E-state index contributed by atoms with van der Waals surface area (Å²) in [5.41, 5.74) is 6.09. The van der Waals surface area contributed by atoms with Crippen LogP contribution in [-0.2, 0) is 7.05 Å². The van der Waals surface area contributed by atoms with Gasteiger partial charge in [-0.3, -0.25) is 19.1 Å². The number of aromatic nitrogens is 5. The third-order valence-electron chi connectivity index (χ3n) is 5.68. The zero-order valence-corrected chi connectivity index (χ0v) is 17.9. The van der Waals surface area contributed by atoms with Gasteiger partial charge in [0.2, 0.25) is 0 Å². The molecule has 0 N–H and O–H groups in total. The number of nitrogens with zero attached hydrogens (tertiary/aromatic N) is 6. The van der Waals surface area contributed by atoms with Crippen LogP contribution >= 0.6 is 0 Å². The van der Waals surface area contributed by atoms with Crippen LogP contribution in [0.25, 0.3) is 38.8 Å². The third kappa shape index (κ3) is 2.97. The van der Waals surface area contributed by atoms with Gasteiger partial charge < -0.3 is 4.90 Å². The number of benzene rings is 1. The van der Waals surface area contributed by atoms with Gasteiger partial charge in [0.1, 0.15) is 5.82 Å². The summed E-state index contributed by atoms with van der Waals surface area (Å²) >= 11 is 0. The first-order valence-electron chi connectivity index (χ1n) is 10.0. The van der Waals surface area contributed by atoms with Gasteiger partial charge in [-0.1, -0.05) is 6.07 Å². The van der Waals surface area contributed by atoms with E-state index in [1.807, 2.05) is 56.4 Å². The van der Waals surface area contributed by atoms with Gasteiger partial charge in [-0.2, -0.15) is 0 Å². The van der Waals surface area contributed by atoms with Gasteiger partial charge in [-0.05, 0) is 48.4 Å². The number of imidazole rings is 1. The normalized spacial score (nSPS) is 11.4. The highest BCUT2D eigenvalue weighted by Crippen LogP contribution is 2.30. The zero-order chi connectivity index (χ0) is 21.7. The van der Waals surface area contributed by atoms with E-state index < -0.39 is 0 Å². The quantitative estimate of drug-likeness (QED) is 0.454. The molecule has 0 spiro atoms. The van der Waals surface area contributed by atoms with Crippen molar-refractivity contribution in [3.8, 4) is 16.8 Å². The molecular weight excluding hydrogens is 388 g/mol. The Bertz CT molecular complexity index is 1500. The predicted octanol–water partition coefficient (Wildman–Crippen LogP) is 3.71. The summed E-state index contributed by atoms with van der Waals surface area (Å²) in [6, 6.07) is 12.1. The van der Waals surface area contributed by atoms with Gasteiger partial charge >= 0.3 is 5.69 Å². The van der Waals surface area contributed by atoms with E-state index in [1.54, 1.807) is 34.8 Å². The fourth-order valence-corrected chi connectivity index (χ4v) is 3.91. The van der Waals surface area contributed by atoms with Crippen molar-refractivity contribution in [1.82, 2.24) is 24.1 Å². The van der Waals surface area contributed by atoms with E-state index >= 15 is 0 Å². The summed E-state index contributed by atoms with van der Waals surface area (Å²) in [5, 5.41) is 0.910. The number of rotatable bonds is 3. The molecule has 7 nitrogen and oxygen atoms in total. The van der Waals surface area contributed by atoms with Crippen molar-refractivity contribution in [3.05, 3.63) is 77.2 Å². The van der Waals surface area contributed by atoms with Crippen molar-refractivity contribution in [3.63, 3.8) is 0 Å². The predicted molar refractivity (Wildman–Crippen MR) is 124 cm³/mol. The van der Waals surface area contributed by atoms with Gasteiger partial charge in [-0.25, -0.2) is 9.78 Å². The first-order valence-corrected chi connectivity index (χ1v) is 10.0. The Kier molecular flexibility index (Phi) is 4.32. The highest BCUT2D eigenvalue weighted by atomic mass is 16.1. The van der Waals surface area contributed by atoms with Crippen molar-refractivity contribution in [1.29, 1.82) is 0 Å². The maximum absolute atomic E-state index is 13.2. The molecule has 4 heterocycles. The van der Waals surface area contributed by atoms with Crippen molar-refractivity contribution >= 4 is 27.8 Å². The minimum atomic E-state index is -0.122. The standard InChI is InChI=1S/C24H22N6O/c1-15-9-10-25-13-20(15)30-23-18-11-16(17-6-8-22(27-12-17)28(2)3)5-7-19(18)26-14-21(23)29(4)24(30)31/h5-14H,1-4H3. The molecule has 0 radical (unpaired) electrons. The summed E-state index contributed by atoms with van der Waals surface area (Å²) in [6.07, 6.45) is 7.09. The van der Waals surface area contributed by atoms with Crippen LogP contribution in [0.3, 0.4) is 0 Å². The summed E-state index contributed by atoms with van der Waals surface area (Å²) in [7, 11) is 5.71. The fraction of sp³-hybridized carbons (Fsp3) is 0.167. The minimum Gasteiger partial charge on any atom is -0.363 e. The Morgan fingerprint density at radius 3 is 2.45 bits per heavy atom. The summed E-state index contributed by atoms with van der Waals surface area (Å²) in [6.45, 7) is 1.98. The van der Waals surface area contributed by atoms with Crippen LogP contribution in [0, 0.1) is 6.92 Å². The molecule has 0 unspecified atom stereocenters. The second kappa shape index (κ2) is 7.05. The summed E-state index contributed by atoms with van der Waals surface area (Å²) < 4.78 is 3.37. The number of hydrogen-bond acceptors (Lipinski definition) is 5. The highest BCUT2D eigenvalue weighted by molar-refractivity contribution is 6.04. The smallest absolute Gasteiger partial charge is 0.333 e. The average molecular weight is 410 g/mol. The average Bonchev–Trinajstić information content (AvgIpc) is 3.04. The molecule has 0 saturated heterocycles. The Labute approximate surface area is 179 Å². The Morgan fingerprint density at radius 2 is 1.74 bits per heavy atom. The van der Waals surface area contributed by atoms with Crippen LogP contribution in [-0.4, -0.2) is 38.2 Å². The Hall–Kier alpha value is -4.00. The van der Waals surface area contributed by atoms with Crippen LogP contribution in [0.15, 0.2) is 66.0 Å². The molecule has 5 aromatic rings. The maximum atomic E-state index is 13.2. The Balaban J connectivity index is 1.81. The lowest BCUT2D eigenvalue weighted by Gasteiger charge is -2.12.